The van der Waals surface area contributed by atoms with Gasteiger partial charge in [0.25, 0.3) is 0 Å². The lowest BCUT2D eigenvalue weighted by atomic mass is 9.79. The molecule has 0 aliphatic carbocycles. The monoisotopic (exact) mass is 403 g/mol. The highest BCUT2D eigenvalue weighted by molar-refractivity contribution is 6.40. The Kier molecular flexibility index (Phi) is 5.03. The summed E-state index contributed by atoms with van der Waals surface area (Å²) in [7, 11) is 0. The van der Waals surface area contributed by atoms with E-state index in [-0.39, 0.29) is 5.96 Å². The predicted molar refractivity (Wildman–Crippen MR) is 111 cm³/mol. The van der Waals surface area contributed by atoms with Crippen molar-refractivity contribution in [1.29, 1.82) is 5.41 Å². The third-order valence-corrected chi connectivity index (χ3v) is 6.38. The number of guanidine groups is 1. The smallest absolute Gasteiger partial charge is 0.207 e. The highest BCUT2D eigenvalue weighted by atomic mass is 35.5. The Morgan fingerprint density at radius 3 is 2.56 bits per heavy atom. The van der Waals surface area contributed by atoms with Crippen LogP contribution in [0.1, 0.15) is 41.5 Å². The average molecular weight is 404 g/mol. The molecular weight excluding hydrogens is 381 g/mol. The minimum absolute atomic E-state index is 0.307. The molecule has 142 valence electrons. The van der Waals surface area contributed by atoms with Gasteiger partial charge in [-0.1, -0.05) is 47.5 Å². The fourth-order valence-electron chi connectivity index (χ4n) is 4.43. The van der Waals surface area contributed by atoms with Crippen LogP contribution in [0.3, 0.4) is 0 Å². The second kappa shape index (κ2) is 7.32. The maximum atomic E-state index is 7.51. The summed E-state index contributed by atoms with van der Waals surface area (Å²) < 4.78 is 0. The zero-order valence-electron chi connectivity index (χ0n) is 15.0. The Balaban J connectivity index is 1.63. The molecule has 2 aromatic rings. The number of hydrogen-bond donors (Lipinski definition) is 3. The standard InChI is InChI=1S/C20H23Cl2N5/c21-16-9-14(10-17(22)19(16)27(25)20(23)24)13-6-8-26-7-5-12-3-1-2-4-15(12)18(26)11-13/h1-4,9-10,13,18H,5-8,11,25H2,(H3,23,24). The van der Waals surface area contributed by atoms with Crippen LogP contribution in [-0.4, -0.2) is 23.9 Å². The van der Waals surface area contributed by atoms with Gasteiger partial charge in [0, 0.05) is 12.6 Å². The van der Waals surface area contributed by atoms with Gasteiger partial charge < -0.3 is 5.73 Å². The molecule has 2 heterocycles. The summed E-state index contributed by atoms with van der Waals surface area (Å²) in [6, 6.07) is 13.0. The van der Waals surface area contributed by atoms with Crippen LogP contribution in [0.25, 0.3) is 0 Å². The molecule has 0 aromatic heterocycles. The van der Waals surface area contributed by atoms with E-state index in [1.165, 1.54) is 11.1 Å². The Bertz CT molecular complexity index is 861. The van der Waals surface area contributed by atoms with Crippen LogP contribution in [0.2, 0.25) is 10.0 Å². The third kappa shape index (κ3) is 3.41. The van der Waals surface area contributed by atoms with Crippen molar-refractivity contribution in [3.8, 4) is 0 Å². The molecule has 0 amide bonds. The number of benzene rings is 2. The Morgan fingerprint density at radius 2 is 1.85 bits per heavy atom. The van der Waals surface area contributed by atoms with Crippen LogP contribution in [-0.2, 0) is 6.42 Å². The molecule has 2 aromatic carbocycles. The second-order valence-electron chi connectivity index (χ2n) is 7.31. The Labute approximate surface area is 169 Å². The third-order valence-electron chi connectivity index (χ3n) is 5.81. The minimum atomic E-state index is -0.307. The van der Waals surface area contributed by atoms with Crippen LogP contribution in [0.5, 0.6) is 0 Å². The number of rotatable bonds is 2. The Hall–Kier alpha value is -1.79. The molecular formula is C20H23Cl2N5. The molecule has 27 heavy (non-hydrogen) atoms. The molecule has 0 radical (unpaired) electrons. The summed E-state index contributed by atoms with van der Waals surface area (Å²) in [5.74, 6) is 5.89. The van der Waals surface area contributed by atoms with Crippen molar-refractivity contribution in [2.45, 2.75) is 31.2 Å². The maximum absolute atomic E-state index is 7.51. The van der Waals surface area contributed by atoms with Gasteiger partial charge in [-0.25, -0.2) is 10.9 Å². The molecule has 1 fully saturated rings. The maximum Gasteiger partial charge on any atom is 0.207 e. The van der Waals surface area contributed by atoms with Gasteiger partial charge >= 0.3 is 0 Å². The first-order chi connectivity index (χ1) is 13.0. The van der Waals surface area contributed by atoms with Gasteiger partial charge in [0.05, 0.1) is 15.7 Å². The first-order valence-electron chi connectivity index (χ1n) is 9.15. The number of anilines is 1. The molecule has 0 saturated carbocycles. The largest absolute Gasteiger partial charge is 0.369 e. The molecule has 1 saturated heterocycles. The van der Waals surface area contributed by atoms with Crippen molar-refractivity contribution in [1.82, 2.24) is 4.90 Å². The lowest BCUT2D eigenvalue weighted by Gasteiger charge is -2.43. The lowest BCUT2D eigenvalue weighted by molar-refractivity contribution is 0.125. The fourth-order valence-corrected chi connectivity index (χ4v) is 5.12. The molecule has 2 unspecified atom stereocenters. The summed E-state index contributed by atoms with van der Waals surface area (Å²) in [6.45, 7) is 2.19. The Morgan fingerprint density at radius 1 is 1.15 bits per heavy atom. The highest BCUT2D eigenvalue weighted by Gasteiger charge is 2.34. The van der Waals surface area contributed by atoms with Gasteiger partial charge in [-0.15, -0.1) is 0 Å². The van der Waals surface area contributed by atoms with Crippen molar-refractivity contribution in [2.24, 2.45) is 11.6 Å². The number of hydrazine groups is 1. The molecule has 0 bridgehead atoms. The zero-order chi connectivity index (χ0) is 19.1. The van der Waals surface area contributed by atoms with Gasteiger partial charge in [0.2, 0.25) is 5.96 Å². The van der Waals surface area contributed by atoms with Gasteiger partial charge in [0.1, 0.15) is 0 Å². The average Bonchev–Trinajstić information content (AvgIpc) is 2.66. The molecule has 2 atom stereocenters. The number of nitrogens with one attached hydrogen (secondary N) is 1. The molecule has 2 aliphatic heterocycles. The van der Waals surface area contributed by atoms with Crippen molar-refractivity contribution in [3.05, 3.63) is 63.1 Å². The van der Waals surface area contributed by atoms with Crippen LogP contribution >= 0.6 is 23.2 Å². The second-order valence-corrected chi connectivity index (χ2v) is 8.12. The number of nitrogens with two attached hydrogens (primary N) is 2. The van der Waals surface area contributed by atoms with E-state index in [1.807, 2.05) is 12.1 Å². The summed E-state index contributed by atoms with van der Waals surface area (Å²) in [5, 5.41) is 9.35. The predicted octanol–water partition coefficient (Wildman–Crippen LogP) is 4.04. The van der Waals surface area contributed by atoms with Crippen LogP contribution in [0.4, 0.5) is 5.69 Å². The number of fused-ring (bicyclic) bond motifs is 3. The number of halogens is 2. The molecule has 7 heteroatoms. The molecule has 4 rings (SSSR count). The van der Waals surface area contributed by atoms with E-state index < -0.39 is 0 Å². The summed E-state index contributed by atoms with van der Waals surface area (Å²) in [4.78, 5) is 2.59. The molecule has 5 N–H and O–H groups in total. The van der Waals surface area contributed by atoms with E-state index in [4.69, 9.17) is 40.2 Å². The normalized spacial score (nSPS) is 22.0. The summed E-state index contributed by atoms with van der Waals surface area (Å²) in [6.07, 6.45) is 3.24. The topological polar surface area (TPSA) is 82.4 Å². The highest BCUT2D eigenvalue weighted by Crippen LogP contribution is 2.44. The van der Waals surface area contributed by atoms with E-state index >= 15 is 0 Å². The van der Waals surface area contributed by atoms with Crippen LogP contribution < -0.4 is 16.6 Å². The van der Waals surface area contributed by atoms with Gasteiger partial charge in [-0.05, 0) is 60.5 Å². The SMILES string of the molecule is N=C(N)N(N)c1c(Cl)cc(C2CCN3CCc4ccccc4C3C2)cc1Cl. The number of nitrogens with zero attached hydrogens (tertiary/aromatic N) is 2. The van der Waals surface area contributed by atoms with Crippen molar-refractivity contribution in [2.75, 3.05) is 18.1 Å². The van der Waals surface area contributed by atoms with Crippen molar-refractivity contribution < 1.29 is 0 Å². The lowest BCUT2D eigenvalue weighted by Crippen LogP contribution is -2.42. The number of piperidine rings is 1. The first kappa shape index (κ1) is 18.6. The van der Waals surface area contributed by atoms with Gasteiger partial charge in [-0.3, -0.25) is 10.3 Å². The van der Waals surface area contributed by atoms with E-state index in [1.54, 1.807) is 0 Å². The van der Waals surface area contributed by atoms with E-state index in [0.717, 1.165) is 42.9 Å². The minimum Gasteiger partial charge on any atom is -0.369 e. The van der Waals surface area contributed by atoms with Crippen molar-refractivity contribution >= 4 is 34.8 Å². The van der Waals surface area contributed by atoms with E-state index in [9.17, 15) is 0 Å². The molecule has 0 spiro atoms. The van der Waals surface area contributed by atoms with E-state index in [0.29, 0.717) is 27.7 Å². The number of hydrogen-bond acceptors (Lipinski definition) is 3. The molecule has 5 nitrogen and oxygen atoms in total. The zero-order valence-corrected chi connectivity index (χ0v) is 16.5. The van der Waals surface area contributed by atoms with Gasteiger partial charge in [0.15, 0.2) is 0 Å². The van der Waals surface area contributed by atoms with Crippen molar-refractivity contribution in [3.63, 3.8) is 0 Å². The van der Waals surface area contributed by atoms with E-state index in [2.05, 4.69) is 29.2 Å². The van der Waals surface area contributed by atoms with Gasteiger partial charge in [-0.2, -0.15) is 0 Å². The molecule has 2 aliphatic rings. The summed E-state index contributed by atoms with van der Waals surface area (Å²) in [5.41, 5.74) is 9.87. The quantitative estimate of drug-likeness (QED) is 0.305. The van der Waals surface area contributed by atoms with Crippen LogP contribution in [0.15, 0.2) is 36.4 Å². The van der Waals surface area contributed by atoms with Crippen LogP contribution in [0, 0.1) is 5.41 Å². The first-order valence-corrected chi connectivity index (χ1v) is 9.91. The summed E-state index contributed by atoms with van der Waals surface area (Å²) >= 11 is 12.9. The fraction of sp³-hybridized carbons (Fsp3) is 0.350.